The highest BCUT2D eigenvalue weighted by Gasteiger charge is 2.29. The summed E-state index contributed by atoms with van der Waals surface area (Å²) in [6.07, 6.45) is 1.69. The van der Waals surface area contributed by atoms with Gasteiger partial charge in [-0.2, -0.15) is 0 Å². The van der Waals surface area contributed by atoms with Gasteiger partial charge in [-0.05, 0) is 48.9 Å². The first kappa shape index (κ1) is 29.7. The smallest absolute Gasteiger partial charge is 0.264 e. The quantitative estimate of drug-likeness (QED) is 0.297. The van der Waals surface area contributed by atoms with Crippen molar-refractivity contribution in [1.29, 1.82) is 0 Å². The monoisotopic (exact) mass is 577 g/mol. The zero-order valence-corrected chi connectivity index (χ0v) is 23.2. The van der Waals surface area contributed by atoms with E-state index in [0.717, 1.165) is 29.3 Å². The maximum Gasteiger partial charge on any atom is 0.264 e. The molecule has 208 valence electrons. The first-order valence-corrected chi connectivity index (χ1v) is 13.8. The summed E-state index contributed by atoms with van der Waals surface area (Å²) in [6.45, 7) is 1.77. The predicted molar refractivity (Wildman–Crippen MR) is 148 cm³/mol. The van der Waals surface area contributed by atoms with Crippen molar-refractivity contribution < 1.29 is 31.9 Å². The molecule has 0 saturated heterocycles. The van der Waals surface area contributed by atoms with Crippen molar-refractivity contribution in [3.8, 4) is 11.5 Å². The highest BCUT2D eigenvalue weighted by atomic mass is 35.5. The van der Waals surface area contributed by atoms with E-state index in [1.807, 2.05) is 6.92 Å². The van der Waals surface area contributed by atoms with Crippen molar-refractivity contribution in [3.05, 3.63) is 77.1 Å². The molecule has 3 aromatic carbocycles. The fraction of sp³-hybridized carbons (Fsp3) is 0.259. The van der Waals surface area contributed by atoms with Crippen molar-refractivity contribution in [3.63, 3.8) is 0 Å². The van der Waals surface area contributed by atoms with Gasteiger partial charge in [0.2, 0.25) is 5.91 Å². The van der Waals surface area contributed by atoms with Crippen LogP contribution in [0.25, 0.3) is 0 Å². The highest BCUT2D eigenvalue weighted by molar-refractivity contribution is 7.92. The van der Waals surface area contributed by atoms with Gasteiger partial charge in [-0.25, -0.2) is 12.8 Å². The second kappa shape index (κ2) is 13.3. The molecule has 3 aromatic rings. The molecule has 0 heterocycles. The van der Waals surface area contributed by atoms with Gasteiger partial charge in [0, 0.05) is 12.6 Å². The number of ether oxygens (including phenoxy) is 2. The van der Waals surface area contributed by atoms with Crippen molar-refractivity contribution in [2.45, 2.75) is 24.7 Å². The molecule has 0 fully saturated rings. The summed E-state index contributed by atoms with van der Waals surface area (Å²) in [5, 5.41) is 5.08. The molecule has 0 saturated carbocycles. The van der Waals surface area contributed by atoms with Crippen LogP contribution in [0.1, 0.15) is 30.1 Å². The molecule has 2 N–H and O–H groups in total. The molecular formula is C27H29ClFN3O6S. The number of halogens is 2. The topological polar surface area (TPSA) is 114 Å². The average Bonchev–Trinajstić information content (AvgIpc) is 2.93. The van der Waals surface area contributed by atoms with E-state index in [1.165, 1.54) is 44.6 Å². The number of carbonyl (C=O) groups excluding carboxylic acids is 2. The number of hydrogen-bond donors (Lipinski definition) is 2. The number of nitrogens with one attached hydrogen (secondary N) is 2. The number of benzene rings is 3. The number of amides is 2. The Labute approximate surface area is 231 Å². The Hall–Kier alpha value is -3.83. The number of nitrogens with zero attached hydrogens (tertiary/aromatic N) is 1. The molecule has 0 aliphatic heterocycles. The van der Waals surface area contributed by atoms with Gasteiger partial charge in [0.15, 0.2) is 11.5 Å². The summed E-state index contributed by atoms with van der Waals surface area (Å²) in [4.78, 5) is 25.6. The number of rotatable bonds is 12. The van der Waals surface area contributed by atoms with Gasteiger partial charge in [0.25, 0.3) is 15.9 Å². The Balaban J connectivity index is 1.97. The largest absolute Gasteiger partial charge is 0.493 e. The van der Waals surface area contributed by atoms with Gasteiger partial charge >= 0.3 is 0 Å². The van der Waals surface area contributed by atoms with Crippen molar-refractivity contribution in [2.24, 2.45) is 0 Å². The van der Waals surface area contributed by atoms with E-state index in [2.05, 4.69) is 10.6 Å². The fourth-order valence-corrected chi connectivity index (χ4v) is 5.25. The summed E-state index contributed by atoms with van der Waals surface area (Å²) in [6, 6.07) is 13.6. The summed E-state index contributed by atoms with van der Waals surface area (Å²) in [5.41, 5.74) is 0.384. The molecular weight excluding hydrogens is 549 g/mol. The van der Waals surface area contributed by atoms with Crippen LogP contribution in [0.4, 0.5) is 15.8 Å². The van der Waals surface area contributed by atoms with E-state index in [0.29, 0.717) is 12.3 Å². The molecule has 0 aromatic heterocycles. The number of sulfonamides is 1. The van der Waals surface area contributed by atoms with Crippen molar-refractivity contribution >= 4 is 44.8 Å². The SMILES string of the molecule is CCCCNC(=O)c1ccccc1NC(=O)CN(c1ccc(F)c(Cl)c1)S(=O)(=O)c1ccc(OC)c(OC)c1. The third-order valence-electron chi connectivity index (χ3n) is 5.68. The Morgan fingerprint density at radius 3 is 2.38 bits per heavy atom. The highest BCUT2D eigenvalue weighted by Crippen LogP contribution is 2.33. The number of para-hydroxylation sites is 1. The maximum absolute atomic E-state index is 13.9. The van der Waals surface area contributed by atoms with Crippen LogP contribution >= 0.6 is 11.6 Å². The molecule has 2 amide bonds. The molecule has 39 heavy (non-hydrogen) atoms. The molecule has 0 aliphatic carbocycles. The number of methoxy groups -OCH3 is 2. The third-order valence-corrected chi connectivity index (χ3v) is 7.74. The van der Waals surface area contributed by atoms with Crippen LogP contribution in [0.2, 0.25) is 5.02 Å². The minimum Gasteiger partial charge on any atom is -0.493 e. The summed E-state index contributed by atoms with van der Waals surface area (Å²) < 4.78 is 52.6. The van der Waals surface area contributed by atoms with Gasteiger partial charge in [0.05, 0.1) is 41.1 Å². The Kier molecular flexibility index (Phi) is 10.1. The Bertz CT molecular complexity index is 1450. The van der Waals surface area contributed by atoms with Crippen LogP contribution < -0.4 is 24.4 Å². The van der Waals surface area contributed by atoms with Crippen LogP contribution in [0.15, 0.2) is 65.6 Å². The fourth-order valence-electron chi connectivity index (χ4n) is 3.64. The van der Waals surface area contributed by atoms with Crippen LogP contribution in [0.5, 0.6) is 11.5 Å². The van der Waals surface area contributed by atoms with Crippen molar-refractivity contribution in [2.75, 3.05) is 36.9 Å². The van der Waals surface area contributed by atoms with Gasteiger partial charge in [0.1, 0.15) is 12.4 Å². The summed E-state index contributed by atoms with van der Waals surface area (Å²) in [7, 11) is -1.63. The minimum absolute atomic E-state index is 0.0445. The lowest BCUT2D eigenvalue weighted by Gasteiger charge is -2.25. The second-order valence-corrected chi connectivity index (χ2v) is 10.6. The molecule has 3 rings (SSSR count). The van der Waals surface area contributed by atoms with Crippen molar-refractivity contribution in [1.82, 2.24) is 5.32 Å². The molecule has 0 spiro atoms. The molecule has 0 bridgehead atoms. The van der Waals surface area contributed by atoms with Crippen LogP contribution in [0.3, 0.4) is 0 Å². The van der Waals surface area contributed by atoms with Crippen LogP contribution in [0, 0.1) is 5.82 Å². The number of unbranched alkanes of at least 4 members (excludes halogenated alkanes) is 1. The number of hydrogen-bond acceptors (Lipinski definition) is 6. The van der Waals surface area contributed by atoms with E-state index < -0.39 is 28.3 Å². The maximum atomic E-state index is 13.9. The van der Waals surface area contributed by atoms with Crippen LogP contribution in [-0.4, -0.2) is 47.5 Å². The van der Waals surface area contributed by atoms with Crippen LogP contribution in [-0.2, 0) is 14.8 Å². The summed E-state index contributed by atoms with van der Waals surface area (Å²) >= 11 is 5.94. The Morgan fingerprint density at radius 1 is 1.00 bits per heavy atom. The lowest BCUT2D eigenvalue weighted by Crippen LogP contribution is -2.38. The van der Waals surface area contributed by atoms with E-state index >= 15 is 0 Å². The van der Waals surface area contributed by atoms with Gasteiger partial charge in [-0.3, -0.25) is 13.9 Å². The molecule has 0 unspecified atom stereocenters. The summed E-state index contributed by atoms with van der Waals surface area (Å²) in [5.74, 6) is -1.41. The normalized spacial score (nSPS) is 11.0. The van der Waals surface area contributed by atoms with E-state index in [-0.39, 0.29) is 38.5 Å². The third kappa shape index (κ3) is 7.18. The zero-order valence-electron chi connectivity index (χ0n) is 21.7. The number of carbonyl (C=O) groups is 2. The lowest BCUT2D eigenvalue weighted by molar-refractivity contribution is -0.114. The van der Waals surface area contributed by atoms with E-state index in [9.17, 15) is 22.4 Å². The molecule has 0 radical (unpaired) electrons. The minimum atomic E-state index is -4.39. The van der Waals surface area contributed by atoms with Gasteiger partial charge in [-0.1, -0.05) is 37.1 Å². The second-order valence-electron chi connectivity index (χ2n) is 8.33. The molecule has 9 nitrogen and oxygen atoms in total. The van der Waals surface area contributed by atoms with E-state index in [4.69, 9.17) is 21.1 Å². The molecule has 12 heteroatoms. The average molecular weight is 578 g/mol. The first-order chi connectivity index (χ1) is 18.6. The molecule has 0 atom stereocenters. The molecule has 0 aliphatic rings. The standard InChI is InChI=1S/C27H29ClFN3O6S/c1-4-5-14-30-27(34)20-8-6-7-9-23(20)31-26(33)17-32(18-10-12-22(29)21(28)15-18)39(35,36)19-11-13-24(37-2)25(16-19)38-3/h6-13,15-16H,4-5,14,17H2,1-3H3,(H,30,34)(H,31,33). The van der Waals surface area contributed by atoms with Gasteiger partial charge in [-0.15, -0.1) is 0 Å². The first-order valence-electron chi connectivity index (χ1n) is 12.0. The number of anilines is 2. The zero-order chi connectivity index (χ0) is 28.6. The Morgan fingerprint density at radius 2 is 1.72 bits per heavy atom. The van der Waals surface area contributed by atoms with E-state index in [1.54, 1.807) is 18.2 Å². The predicted octanol–water partition coefficient (Wildman–Crippen LogP) is 4.86. The lowest BCUT2D eigenvalue weighted by atomic mass is 10.1. The van der Waals surface area contributed by atoms with Gasteiger partial charge < -0.3 is 20.1 Å².